The van der Waals surface area contributed by atoms with E-state index in [0.717, 1.165) is 10.6 Å². The van der Waals surface area contributed by atoms with Crippen LogP contribution in [0.15, 0.2) is 23.6 Å². The van der Waals surface area contributed by atoms with E-state index in [-0.39, 0.29) is 18.7 Å². The predicted octanol–water partition coefficient (Wildman–Crippen LogP) is 1.11. The summed E-state index contributed by atoms with van der Waals surface area (Å²) in [6.45, 7) is 0.282. The summed E-state index contributed by atoms with van der Waals surface area (Å²) in [7, 11) is 0. The molecule has 1 atom stereocenters. The van der Waals surface area contributed by atoms with Gasteiger partial charge < -0.3 is 15.2 Å². The number of nitrogens with zero attached hydrogens (tertiary/aromatic N) is 1. The lowest BCUT2D eigenvalue weighted by Gasteiger charge is -2.22. The zero-order chi connectivity index (χ0) is 14.9. The number of hydrogen-bond donors (Lipinski definition) is 3. The SMILES string of the molecule is O=C(NC1(C(=O)O)CCOC1)c1cc(-c2cccs2)[nH]n1. The molecule has 1 fully saturated rings. The Balaban J connectivity index is 1.78. The van der Waals surface area contributed by atoms with E-state index in [0.29, 0.717) is 6.61 Å². The van der Waals surface area contributed by atoms with Gasteiger partial charge in [-0.15, -0.1) is 11.3 Å². The number of aliphatic carboxylic acids is 1. The number of amides is 1. The van der Waals surface area contributed by atoms with Crippen molar-refractivity contribution < 1.29 is 19.4 Å². The van der Waals surface area contributed by atoms with Crippen molar-refractivity contribution in [3.8, 4) is 10.6 Å². The third-order valence-corrected chi connectivity index (χ3v) is 4.28. The molecule has 0 spiro atoms. The molecule has 1 unspecified atom stereocenters. The fourth-order valence-corrected chi connectivity index (χ4v) is 2.86. The van der Waals surface area contributed by atoms with E-state index in [9.17, 15) is 14.7 Å². The monoisotopic (exact) mass is 307 g/mol. The molecule has 0 saturated carbocycles. The fraction of sp³-hybridized carbons (Fsp3) is 0.308. The lowest BCUT2D eigenvalue weighted by molar-refractivity contribution is -0.144. The number of carboxylic acid groups (broad SMARTS) is 1. The second-order valence-corrected chi connectivity index (χ2v) is 5.74. The quantitative estimate of drug-likeness (QED) is 0.785. The maximum absolute atomic E-state index is 12.2. The lowest BCUT2D eigenvalue weighted by Crippen LogP contribution is -2.55. The second-order valence-electron chi connectivity index (χ2n) is 4.79. The molecule has 1 aliphatic heterocycles. The maximum Gasteiger partial charge on any atom is 0.331 e. The van der Waals surface area contributed by atoms with E-state index >= 15 is 0 Å². The van der Waals surface area contributed by atoms with E-state index in [1.165, 1.54) is 11.3 Å². The molecule has 1 aliphatic rings. The van der Waals surface area contributed by atoms with Crippen LogP contribution in [0.2, 0.25) is 0 Å². The van der Waals surface area contributed by atoms with E-state index in [4.69, 9.17) is 4.74 Å². The van der Waals surface area contributed by atoms with Crippen LogP contribution in [0.3, 0.4) is 0 Å². The van der Waals surface area contributed by atoms with Crippen molar-refractivity contribution in [2.45, 2.75) is 12.0 Å². The van der Waals surface area contributed by atoms with Gasteiger partial charge in [-0.05, 0) is 17.5 Å². The number of aromatic nitrogens is 2. The van der Waals surface area contributed by atoms with Gasteiger partial charge in [0.25, 0.3) is 5.91 Å². The molecule has 1 saturated heterocycles. The summed E-state index contributed by atoms with van der Waals surface area (Å²) >= 11 is 1.52. The van der Waals surface area contributed by atoms with Gasteiger partial charge in [-0.25, -0.2) is 4.79 Å². The Kier molecular flexibility index (Phi) is 3.48. The number of aromatic amines is 1. The first-order valence-corrected chi connectivity index (χ1v) is 7.22. The summed E-state index contributed by atoms with van der Waals surface area (Å²) in [6, 6.07) is 5.41. The maximum atomic E-state index is 12.2. The molecule has 0 bridgehead atoms. The Hall–Kier alpha value is -2.19. The van der Waals surface area contributed by atoms with Crippen LogP contribution in [0.1, 0.15) is 16.9 Å². The average Bonchev–Trinajstić information content (AvgIpc) is 3.20. The van der Waals surface area contributed by atoms with Gasteiger partial charge in [0.15, 0.2) is 11.2 Å². The molecule has 0 aromatic carbocycles. The summed E-state index contributed by atoms with van der Waals surface area (Å²) in [5, 5.41) is 20.5. The van der Waals surface area contributed by atoms with Crippen molar-refractivity contribution in [1.82, 2.24) is 15.5 Å². The topological polar surface area (TPSA) is 104 Å². The van der Waals surface area contributed by atoms with Gasteiger partial charge in [0.1, 0.15) is 0 Å². The van der Waals surface area contributed by atoms with Gasteiger partial charge in [-0.2, -0.15) is 5.10 Å². The van der Waals surface area contributed by atoms with Crippen molar-refractivity contribution in [3.63, 3.8) is 0 Å². The molecule has 2 aromatic heterocycles. The first-order valence-electron chi connectivity index (χ1n) is 6.34. The Morgan fingerprint density at radius 1 is 1.52 bits per heavy atom. The number of carbonyl (C=O) groups is 2. The minimum absolute atomic E-state index is 0.0315. The minimum Gasteiger partial charge on any atom is -0.479 e. The van der Waals surface area contributed by atoms with E-state index < -0.39 is 17.4 Å². The molecule has 7 nitrogen and oxygen atoms in total. The van der Waals surface area contributed by atoms with Crippen LogP contribution in [-0.2, 0) is 9.53 Å². The highest BCUT2D eigenvalue weighted by molar-refractivity contribution is 7.13. The van der Waals surface area contributed by atoms with Crippen molar-refractivity contribution in [1.29, 1.82) is 0 Å². The highest BCUT2D eigenvalue weighted by Crippen LogP contribution is 2.24. The molecular formula is C13H13N3O4S. The minimum atomic E-state index is -1.36. The summed E-state index contributed by atoms with van der Waals surface area (Å²) in [4.78, 5) is 24.5. The zero-order valence-corrected chi connectivity index (χ0v) is 11.8. The van der Waals surface area contributed by atoms with Crippen LogP contribution >= 0.6 is 11.3 Å². The first-order chi connectivity index (χ1) is 10.1. The summed E-state index contributed by atoms with van der Waals surface area (Å²) < 4.78 is 5.10. The van der Waals surface area contributed by atoms with Crippen LogP contribution in [0, 0.1) is 0 Å². The fourth-order valence-electron chi connectivity index (χ4n) is 2.16. The van der Waals surface area contributed by atoms with Gasteiger partial charge in [0.05, 0.1) is 17.2 Å². The Morgan fingerprint density at radius 2 is 2.38 bits per heavy atom. The predicted molar refractivity (Wildman–Crippen MR) is 75.2 cm³/mol. The number of nitrogens with one attached hydrogen (secondary N) is 2. The van der Waals surface area contributed by atoms with E-state index in [1.807, 2.05) is 17.5 Å². The molecule has 110 valence electrons. The number of H-pyrrole nitrogens is 1. The Bertz CT molecular complexity index is 659. The molecule has 1 amide bonds. The average molecular weight is 307 g/mol. The molecule has 21 heavy (non-hydrogen) atoms. The third-order valence-electron chi connectivity index (χ3n) is 3.38. The molecule has 3 N–H and O–H groups in total. The number of thiophene rings is 1. The van der Waals surface area contributed by atoms with Crippen LogP contribution in [0.4, 0.5) is 0 Å². The van der Waals surface area contributed by atoms with Crippen molar-refractivity contribution in [3.05, 3.63) is 29.3 Å². The number of carboxylic acids is 1. The second kappa shape index (κ2) is 5.30. The molecule has 8 heteroatoms. The van der Waals surface area contributed by atoms with Crippen molar-refractivity contribution in [2.75, 3.05) is 13.2 Å². The normalized spacial score (nSPS) is 21.3. The summed E-state index contributed by atoms with van der Waals surface area (Å²) in [5.74, 6) is -1.62. The molecular weight excluding hydrogens is 294 g/mol. The Morgan fingerprint density at radius 3 is 3.00 bits per heavy atom. The van der Waals surface area contributed by atoms with Crippen molar-refractivity contribution in [2.24, 2.45) is 0 Å². The molecule has 3 rings (SSSR count). The molecule has 2 aromatic rings. The zero-order valence-electron chi connectivity index (χ0n) is 11.0. The Labute approximate surface area is 123 Å². The standard InChI is InChI=1S/C13H13N3O4S/c17-11(14-13(12(18)19)3-4-20-7-13)9-6-8(15-16-9)10-2-1-5-21-10/h1-2,5-6H,3-4,7H2,(H,14,17)(H,15,16)(H,18,19). The highest BCUT2D eigenvalue weighted by Gasteiger charge is 2.44. The van der Waals surface area contributed by atoms with Gasteiger partial charge in [0, 0.05) is 13.0 Å². The van der Waals surface area contributed by atoms with Gasteiger partial charge in [-0.3, -0.25) is 9.89 Å². The summed E-state index contributed by atoms with van der Waals surface area (Å²) in [6.07, 6.45) is 0.246. The lowest BCUT2D eigenvalue weighted by atomic mass is 9.99. The third kappa shape index (κ3) is 2.55. The summed E-state index contributed by atoms with van der Waals surface area (Å²) in [5.41, 5.74) is -0.479. The van der Waals surface area contributed by atoms with Crippen LogP contribution < -0.4 is 5.32 Å². The van der Waals surface area contributed by atoms with Crippen LogP contribution in [0.5, 0.6) is 0 Å². The molecule has 0 radical (unpaired) electrons. The highest BCUT2D eigenvalue weighted by atomic mass is 32.1. The number of hydrogen-bond acceptors (Lipinski definition) is 5. The largest absolute Gasteiger partial charge is 0.479 e. The van der Waals surface area contributed by atoms with Crippen LogP contribution in [-0.4, -0.2) is 45.9 Å². The van der Waals surface area contributed by atoms with Crippen LogP contribution in [0.25, 0.3) is 10.6 Å². The smallest absolute Gasteiger partial charge is 0.331 e. The van der Waals surface area contributed by atoms with Gasteiger partial charge in [0.2, 0.25) is 0 Å². The molecule has 3 heterocycles. The number of ether oxygens (including phenoxy) is 1. The van der Waals surface area contributed by atoms with Gasteiger partial charge in [-0.1, -0.05) is 6.07 Å². The number of carbonyl (C=O) groups excluding carboxylic acids is 1. The van der Waals surface area contributed by atoms with E-state index in [2.05, 4.69) is 15.5 Å². The first kappa shape index (κ1) is 13.8. The van der Waals surface area contributed by atoms with E-state index in [1.54, 1.807) is 6.07 Å². The molecule has 0 aliphatic carbocycles. The number of rotatable bonds is 4. The van der Waals surface area contributed by atoms with Crippen molar-refractivity contribution >= 4 is 23.2 Å². The van der Waals surface area contributed by atoms with Gasteiger partial charge >= 0.3 is 5.97 Å².